The molecule has 0 saturated heterocycles. The number of pyridine rings is 1. The summed E-state index contributed by atoms with van der Waals surface area (Å²) < 4.78 is 27.1. The largest absolute Gasteiger partial charge is 0.397 e. The van der Waals surface area contributed by atoms with E-state index >= 15 is 0 Å². The van der Waals surface area contributed by atoms with Crippen molar-refractivity contribution >= 4 is 39.2 Å². The normalized spacial score (nSPS) is 11.5. The van der Waals surface area contributed by atoms with E-state index in [0.717, 1.165) is 15.1 Å². The molecule has 0 radical (unpaired) electrons. The second-order valence-corrected chi connectivity index (χ2v) is 9.03. The van der Waals surface area contributed by atoms with Gasteiger partial charge in [0.2, 0.25) is 5.91 Å². The minimum atomic E-state index is -3.79. The topological polar surface area (TPSA) is 133 Å². The Bertz CT molecular complexity index is 1420. The number of aromatic nitrogens is 2. The van der Waals surface area contributed by atoms with Crippen molar-refractivity contribution in [3.63, 3.8) is 0 Å². The highest BCUT2D eigenvalue weighted by Crippen LogP contribution is 2.23. The molecule has 8 nitrogen and oxygen atoms in total. The number of nitrogens with zero attached hydrogens (tertiary/aromatic N) is 2. The summed E-state index contributed by atoms with van der Waals surface area (Å²) in [7, 11) is -3.79. The first-order valence-corrected chi connectivity index (χ1v) is 11.4. The lowest BCUT2D eigenvalue weighted by atomic mass is 10.1. The first-order chi connectivity index (χ1) is 15.8. The van der Waals surface area contributed by atoms with Crippen LogP contribution in [-0.2, 0) is 14.8 Å². The second kappa shape index (κ2) is 9.01. The molecule has 0 bridgehead atoms. The van der Waals surface area contributed by atoms with Gasteiger partial charge >= 0.3 is 0 Å². The van der Waals surface area contributed by atoms with E-state index in [1.165, 1.54) is 36.7 Å². The Morgan fingerprint density at radius 3 is 2.36 bits per heavy atom. The molecule has 2 heterocycles. The number of nitrogen functional groups attached to an aromatic ring is 2. The zero-order valence-electron chi connectivity index (χ0n) is 17.4. The smallest absolute Gasteiger partial charge is 0.267 e. The molecule has 0 aliphatic carbocycles. The van der Waals surface area contributed by atoms with E-state index in [9.17, 15) is 13.2 Å². The lowest BCUT2D eigenvalue weighted by Crippen LogP contribution is -2.10. The van der Waals surface area contributed by atoms with Gasteiger partial charge in [0.05, 0.1) is 16.3 Å². The van der Waals surface area contributed by atoms with Crippen molar-refractivity contribution in [3.05, 3.63) is 97.0 Å². The van der Waals surface area contributed by atoms with Gasteiger partial charge in [-0.15, -0.1) is 0 Å². The number of rotatable bonds is 6. The van der Waals surface area contributed by atoms with Crippen molar-refractivity contribution in [2.24, 2.45) is 0 Å². The zero-order chi connectivity index (χ0) is 23.4. The minimum absolute atomic E-state index is 0.137. The molecule has 2 aromatic heterocycles. The molecule has 9 heteroatoms. The van der Waals surface area contributed by atoms with Gasteiger partial charge in [-0.1, -0.05) is 24.3 Å². The number of nitrogens with two attached hydrogens (primary N) is 2. The molecule has 0 unspecified atom stereocenters. The van der Waals surface area contributed by atoms with Gasteiger partial charge in [-0.05, 0) is 59.7 Å². The summed E-state index contributed by atoms with van der Waals surface area (Å²) >= 11 is 0. The molecular weight excluding hydrogens is 438 g/mol. The molecule has 0 fully saturated rings. The van der Waals surface area contributed by atoms with E-state index in [2.05, 4.69) is 10.3 Å². The van der Waals surface area contributed by atoms with Crippen LogP contribution in [0.4, 0.5) is 17.2 Å². The molecule has 0 saturated carbocycles. The van der Waals surface area contributed by atoms with Gasteiger partial charge in [-0.3, -0.25) is 4.79 Å². The first kappa shape index (κ1) is 21.8. The highest BCUT2D eigenvalue weighted by molar-refractivity contribution is 7.90. The number of para-hydroxylation sites is 2. The molecule has 1 amide bonds. The predicted octanol–water partition coefficient (Wildman–Crippen LogP) is 3.60. The number of carbonyl (C=O) groups is 1. The van der Waals surface area contributed by atoms with Gasteiger partial charge in [0, 0.05) is 30.2 Å². The second-order valence-electron chi connectivity index (χ2n) is 7.19. The maximum absolute atomic E-state index is 13.0. The Hall–Kier alpha value is -4.37. The summed E-state index contributed by atoms with van der Waals surface area (Å²) in [5.74, 6) is 0.0355. The van der Waals surface area contributed by atoms with E-state index in [1.807, 2.05) is 6.07 Å². The third kappa shape index (κ3) is 4.94. The number of hydrogen-bond acceptors (Lipinski definition) is 6. The van der Waals surface area contributed by atoms with Gasteiger partial charge in [-0.25, -0.2) is 17.4 Å². The van der Waals surface area contributed by atoms with Crippen molar-refractivity contribution < 1.29 is 13.2 Å². The fourth-order valence-corrected chi connectivity index (χ4v) is 4.32. The zero-order valence-corrected chi connectivity index (χ0v) is 18.2. The molecule has 2 aromatic carbocycles. The SMILES string of the molecule is Nc1ccc(-c2ccc(S(=O)(=O)n3ccc(C=CC(=O)Nc4ccccc4N)c3)cc2)cn1. The Labute approximate surface area is 191 Å². The Morgan fingerprint density at radius 2 is 1.67 bits per heavy atom. The molecule has 0 spiro atoms. The average Bonchev–Trinajstić information content (AvgIpc) is 3.30. The van der Waals surface area contributed by atoms with Crippen molar-refractivity contribution in [2.45, 2.75) is 4.90 Å². The van der Waals surface area contributed by atoms with Crippen molar-refractivity contribution in [1.29, 1.82) is 0 Å². The predicted molar refractivity (Wildman–Crippen MR) is 130 cm³/mol. The van der Waals surface area contributed by atoms with E-state index < -0.39 is 10.0 Å². The summed E-state index contributed by atoms with van der Waals surface area (Å²) in [5, 5.41) is 2.68. The monoisotopic (exact) mass is 459 g/mol. The molecule has 166 valence electrons. The molecule has 0 aliphatic rings. The Balaban J connectivity index is 1.48. The van der Waals surface area contributed by atoms with Gasteiger partial charge in [0.15, 0.2) is 0 Å². The number of amides is 1. The first-order valence-electron chi connectivity index (χ1n) is 9.92. The summed E-state index contributed by atoms with van der Waals surface area (Å²) in [4.78, 5) is 16.3. The summed E-state index contributed by atoms with van der Waals surface area (Å²) in [6, 6.07) is 18.5. The van der Waals surface area contributed by atoms with Crippen molar-refractivity contribution in [1.82, 2.24) is 8.96 Å². The van der Waals surface area contributed by atoms with Gasteiger partial charge in [0.1, 0.15) is 5.82 Å². The molecule has 5 N–H and O–H groups in total. The molecule has 0 atom stereocenters. The summed E-state index contributed by atoms with van der Waals surface area (Å²) in [6.45, 7) is 0. The third-order valence-electron chi connectivity index (χ3n) is 4.89. The third-order valence-corrected chi connectivity index (χ3v) is 6.54. The molecule has 33 heavy (non-hydrogen) atoms. The fraction of sp³-hybridized carbons (Fsp3) is 0. The van der Waals surface area contributed by atoms with Crippen LogP contribution >= 0.6 is 0 Å². The van der Waals surface area contributed by atoms with Crippen LogP contribution < -0.4 is 16.8 Å². The van der Waals surface area contributed by atoms with E-state index in [1.54, 1.807) is 54.7 Å². The Morgan fingerprint density at radius 1 is 0.939 bits per heavy atom. The summed E-state index contributed by atoms with van der Waals surface area (Å²) in [5.41, 5.74) is 14.6. The number of carbonyl (C=O) groups excluding carboxylic acids is 1. The van der Waals surface area contributed by atoms with Gasteiger partial charge in [0.25, 0.3) is 10.0 Å². The highest BCUT2D eigenvalue weighted by Gasteiger charge is 2.16. The van der Waals surface area contributed by atoms with E-state index in [0.29, 0.717) is 22.8 Å². The molecule has 0 aliphatic heterocycles. The minimum Gasteiger partial charge on any atom is -0.397 e. The molecule has 4 aromatic rings. The summed E-state index contributed by atoms with van der Waals surface area (Å²) in [6.07, 6.45) is 7.34. The quantitative estimate of drug-likeness (QED) is 0.298. The van der Waals surface area contributed by atoms with Crippen LogP contribution in [0.2, 0.25) is 0 Å². The Kier molecular flexibility index (Phi) is 5.97. The van der Waals surface area contributed by atoms with Crippen LogP contribution in [0.3, 0.4) is 0 Å². The van der Waals surface area contributed by atoms with Gasteiger partial charge < -0.3 is 16.8 Å². The number of hydrogen-bond donors (Lipinski definition) is 3. The van der Waals surface area contributed by atoms with Crippen LogP contribution in [0, 0.1) is 0 Å². The van der Waals surface area contributed by atoms with Crippen LogP contribution in [0.25, 0.3) is 17.2 Å². The van der Waals surface area contributed by atoms with E-state index in [-0.39, 0.29) is 10.8 Å². The van der Waals surface area contributed by atoms with Crippen molar-refractivity contribution in [3.8, 4) is 11.1 Å². The van der Waals surface area contributed by atoms with Crippen LogP contribution in [0.1, 0.15) is 5.56 Å². The lowest BCUT2D eigenvalue weighted by Gasteiger charge is -2.07. The maximum atomic E-state index is 13.0. The van der Waals surface area contributed by atoms with E-state index in [4.69, 9.17) is 11.5 Å². The maximum Gasteiger partial charge on any atom is 0.267 e. The standard InChI is InChI=1S/C24H21N5O3S/c25-21-3-1-2-4-22(21)28-24(30)12-5-17-13-14-29(16-17)33(31,32)20-9-6-18(7-10-20)19-8-11-23(26)27-15-19/h1-16H,25H2,(H2,26,27)(H,28,30). The van der Waals surface area contributed by atoms with Crippen LogP contribution in [0.15, 0.2) is 96.3 Å². The number of anilines is 3. The van der Waals surface area contributed by atoms with Crippen molar-refractivity contribution in [2.75, 3.05) is 16.8 Å². The highest BCUT2D eigenvalue weighted by atomic mass is 32.2. The number of benzene rings is 2. The molecule has 4 rings (SSSR count). The van der Waals surface area contributed by atoms with Crippen LogP contribution in [0.5, 0.6) is 0 Å². The fourth-order valence-electron chi connectivity index (χ4n) is 3.11. The lowest BCUT2D eigenvalue weighted by molar-refractivity contribution is -0.111. The molecular formula is C24H21N5O3S. The van der Waals surface area contributed by atoms with Gasteiger partial charge in [-0.2, -0.15) is 0 Å². The average molecular weight is 460 g/mol. The number of nitrogens with one attached hydrogen (secondary N) is 1. The van der Waals surface area contributed by atoms with Crippen LogP contribution in [-0.4, -0.2) is 23.3 Å².